The number of nitrogens with one attached hydrogen (secondary N) is 1. The maximum Gasteiger partial charge on any atom is 0.143 e. The molecule has 4 N–H and O–H groups in total. The van der Waals surface area contributed by atoms with Crippen LogP contribution in [0.15, 0.2) is 12.1 Å². The fraction of sp³-hybridized carbons (Fsp3) is 0.600. The van der Waals surface area contributed by atoms with E-state index in [-0.39, 0.29) is 48.1 Å². The van der Waals surface area contributed by atoms with E-state index in [2.05, 4.69) is 24.1 Å². The molecule has 22 heavy (non-hydrogen) atoms. The molecular formula is C15H26Cl2FN3O. The van der Waals surface area contributed by atoms with Crippen molar-refractivity contribution in [1.82, 2.24) is 10.2 Å². The quantitative estimate of drug-likeness (QED) is 0.575. The summed E-state index contributed by atoms with van der Waals surface area (Å²) in [4.78, 5) is 2.30. The van der Waals surface area contributed by atoms with Crippen molar-refractivity contribution >= 4 is 30.5 Å². The van der Waals surface area contributed by atoms with Gasteiger partial charge in [-0.15, -0.1) is 24.8 Å². The first kappa shape index (κ1) is 21.2. The largest absolute Gasteiger partial charge is 0.505 e. The number of anilines is 1. The van der Waals surface area contributed by atoms with Crippen molar-refractivity contribution < 1.29 is 9.50 Å². The Balaban J connectivity index is 0.00000220. The van der Waals surface area contributed by atoms with Gasteiger partial charge in [-0.1, -0.05) is 13.8 Å². The van der Waals surface area contributed by atoms with Crippen LogP contribution >= 0.6 is 24.8 Å². The number of aromatic hydroxyl groups is 1. The van der Waals surface area contributed by atoms with Crippen molar-refractivity contribution in [3.05, 3.63) is 23.5 Å². The SMILES string of the molecule is CC(C)C[C@H](c1cc(F)cc(N)c1O)N1CCNCC1.Cl.Cl. The summed E-state index contributed by atoms with van der Waals surface area (Å²) >= 11 is 0. The first-order valence-corrected chi connectivity index (χ1v) is 7.21. The van der Waals surface area contributed by atoms with Crippen molar-refractivity contribution in [2.24, 2.45) is 5.92 Å². The van der Waals surface area contributed by atoms with Crippen molar-refractivity contribution in [3.63, 3.8) is 0 Å². The highest BCUT2D eigenvalue weighted by Crippen LogP contribution is 2.37. The summed E-state index contributed by atoms with van der Waals surface area (Å²) < 4.78 is 13.7. The second-order valence-electron chi connectivity index (χ2n) is 5.86. The summed E-state index contributed by atoms with van der Waals surface area (Å²) in [5.74, 6) is 0.0913. The Bertz CT molecular complexity index is 468. The lowest BCUT2D eigenvalue weighted by Crippen LogP contribution is -2.45. The van der Waals surface area contributed by atoms with Crippen molar-refractivity contribution in [2.45, 2.75) is 26.3 Å². The molecule has 1 heterocycles. The van der Waals surface area contributed by atoms with E-state index in [4.69, 9.17) is 5.73 Å². The van der Waals surface area contributed by atoms with Gasteiger partial charge >= 0.3 is 0 Å². The fourth-order valence-corrected chi connectivity index (χ4v) is 2.81. The number of piperazine rings is 1. The molecule has 1 atom stereocenters. The predicted octanol–water partition coefficient (Wildman–Crippen LogP) is 2.95. The van der Waals surface area contributed by atoms with E-state index in [1.54, 1.807) is 0 Å². The van der Waals surface area contributed by atoms with Gasteiger partial charge in [0.2, 0.25) is 0 Å². The van der Waals surface area contributed by atoms with Gasteiger partial charge in [0.1, 0.15) is 11.6 Å². The molecule has 0 amide bonds. The number of nitrogens with two attached hydrogens (primary N) is 1. The Labute approximate surface area is 144 Å². The third kappa shape index (κ3) is 5.16. The van der Waals surface area contributed by atoms with Gasteiger partial charge < -0.3 is 16.2 Å². The van der Waals surface area contributed by atoms with E-state index in [0.717, 1.165) is 32.6 Å². The van der Waals surface area contributed by atoms with Crippen LogP contribution in [-0.4, -0.2) is 36.2 Å². The Morgan fingerprint density at radius 1 is 1.27 bits per heavy atom. The molecule has 0 aliphatic carbocycles. The summed E-state index contributed by atoms with van der Waals surface area (Å²) in [6.07, 6.45) is 0.871. The van der Waals surface area contributed by atoms with E-state index in [1.165, 1.54) is 12.1 Å². The molecular weight excluding hydrogens is 328 g/mol. The van der Waals surface area contributed by atoms with Gasteiger partial charge in [-0.25, -0.2) is 4.39 Å². The highest BCUT2D eigenvalue weighted by Gasteiger charge is 2.26. The zero-order chi connectivity index (χ0) is 14.7. The van der Waals surface area contributed by atoms with Crippen LogP contribution in [0, 0.1) is 11.7 Å². The molecule has 2 rings (SSSR count). The molecule has 0 radical (unpaired) electrons. The van der Waals surface area contributed by atoms with Crippen LogP contribution in [0.2, 0.25) is 0 Å². The maximum absolute atomic E-state index is 13.7. The summed E-state index contributed by atoms with van der Waals surface area (Å²) in [6, 6.07) is 2.60. The number of hydrogen-bond donors (Lipinski definition) is 3. The second-order valence-corrected chi connectivity index (χ2v) is 5.86. The van der Waals surface area contributed by atoms with Gasteiger partial charge in [0.25, 0.3) is 0 Å². The second kappa shape index (κ2) is 9.40. The normalized spacial score (nSPS) is 16.7. The smallest absolute Gasteiger partial charge is 0.143 e. The summed E-state index contributed by atoms with van der Waals surface area (Å²) in [7, 11) is 0. The van der Waals surface area contributed by atoms with Crippen molar-refractivity contribution in [1.29, 1.82) is 0 Å². The topological polar surface area (TPSA) is 61.5 Å². The average Bonchev–Trinajstić information content (AvgIpc) is 2.41. The number of phenols is 1. The molecule has 0 spiro atoms. The Morgan fingerprint density at radius 2 is 1.86 bits per heavy atom. The van der Waals surface area contributed by atoms with Gasteiger partial charge in [-0.3, -0.25) is 4.90 Å². The van der Waals surface area contributed by atoms with Crippen LogP contribution in [0.25, 0.3) is 0 Å². The van der Waals surface area contributed by atoms with Crippen LogP contribution in [0.1, 0.15) is 31.9 Å². The van der Waals surface area contributed by atoms with Gasteiger partial charge in [-0.05, 0) is 18.4 Å². The van der Waals surface area contributed by atoms with Crippen molar-refractivity contribution in [2.75, 3.05) is 31.9 Å². The number of nitrogens with zero attached hydrogens (tertiary/aromatic N) is 1. The van der Waals surface area contributed by atoms with Crippen LogP contribution in [0.3, 0.4) is 0 Å². The third-order valence-electron chi connectivity index (χ3n) is 3.78. The van der Waals surface area contributed by atoms with Crippen LogP contribution in [0.4, 0.5) is 10.1 Å². The van der Waals surface area contributed by atoms with Crippen LogP contribution < -0.4 is 11.1 Å². The molecule has 1 aliphatic rings. The van der Waals surface area contributed by atoms with E-state index in [0.29, 0.717) is 11.5 Å². The molecule has 0 unspecified atom stereocenters. The number of phenolic OH excluding ortho intramolecular Hbond substituents is 1. The monoisotopic (exact) mass is 353 g/mol. The lowest BCUT2D eigenvalue weighted by atomic mass is 9.93. The molecule has 1 fully saturated rings. The molecule has 128 valence electrons. The zero-order valence-corrected chi connectivity index (χ0v) is 14.6. The van der Waals surface area contributed by atoms with E-state index in [9.17, 15) is 9.50 Å². The Hall–Kier alpha value is -0.750. The zero-order valence-electron chi connectivity index (χ0n) is 13.0. The third-order valence-corrected chi connectivity index (χ3v) is 3.78. The van der Waals surface area contributed by atoms with Crippen molar-refractivity contribution in [3.8, 4) is 5.75 Å². The minimum Gasteiger partial charge on any atom is -0.505 e. The molecule has 4 nitrogen and oxygen atoms in total. The first-order valence-electron chi connectivity index (χ1n) is 7.21. The van der Waals surface area contributed by atoms with Gasteiger partial charge in [-0.2, -0.15) is 0 Å². The maximum atomic E-state index is 13.7. The molecule has 0 saturated carbocycles. The molecule has 1 aromatic rings. The van der Waals surface area contributed by atoms with Gasteiger partial charge in [0.15, 0.2) is 0 Å². The summed E-state index contributed by atoms with van der Waals surface area (Å²) in [6.45, 7) is 7.89. The molecule has 1 aromatic carbocycles. The fourth-order valence-electron chi connectivity index (χ4n) is 2.81. The van der Waals surface area contributed by atoms with E-state index < -0.39 is 0 Å². The summed E-state index contributed by atoms with van der Waals surface area (Å²) in [5.41, 5.74) is 6.42. The predicted molar refractivity (Wildman–Crippen MR) is 93.6 cm³/mol. The average molecular weight is 354 g/mol. The molecule has 0 bridgehead atoms. The van der Waals surface area contributed by atoms with Crippen LogP contribution in [0.5, 0.6) is 5.75 Å². The van der Waals surface area contributed by atoms with Crippen LogP contribution in [-0.2, 0) is 0 Å². The van der Waals surface area contributed by atoms with Gasteiger partial charge in [0, 0.05) is 43.9 Å². The Kier molecular flexibility index (Phi) is 9.08. The molecule has 7 heteroatoms. The molecule has 0 aromatic heterocycles. The number of halogens is 3. The number of rotatable bonds is 4. The standard InChI is InChI=1S/C15H24FN3O.2ClH/c1-10(2)7-14(19-5-3-18-4-6-19)12-8-11(16)9-13(17)15(12)20;;/h8-10,14,18,20H,3-7,17H2,1-2H3;2*1H/t14-;;/m1../s1. The molecule has 1 aliphatic heterocycles. The van der Waals surface area contributed by atoms with E-state index in [1.807, 2.05) is 0 Å². The number of nitrogen functional groups attached to an aromatic ring is 1. The Morgan fingerprint density at radius 3 is 2.41 bits per heavy atom. The highest BCUT2D eigenvalue weighted by atomic mass is 35.5. The lowest BCUT2D eigenvalue weighted by molar-refractivity contribution is 0.151. The lowest BCUT2D eigenvalue weighted by Gasteiger charge is -2.36. The number of hydrogen-bond acceptors (Lipinski definition) is 4. The minimum absolute atomic E-state index is 0. The highest BCUT2D eigenvalue weighted by molar-refractivity contribution is 5.85. The number of benzene rings is 1. The first-order chi connectivity index (χ1) is 9.49. The minimum atomic E-state index is -0.390. The summed E-state index contributed by atoms with van der Waals surface area (Å²) in [5, 5.41) is 13.5. The van der Waals surface area contributed by atoms with E-state index >= 15 is 0 Å². The molecule has 1 saturated heterocycles. The van der Waals surface area contributed by atoms with Gasteiger partial charge in [0.05, 0.1) is 5.69 Å².